The minimum absolute atomic E-state index is 0.0137. The number of anilines is 1. The van der Waals surface area contributed by atoms with Crippen molar-refractivity contribution >= 4 is 39.1 Å². The molecule has 1 aromatic heterocycles. The Morgan fingerprint density at radius 3 is 2.38 bits per heavy atom. The molecule has 1 aliphatic rings. The van der Waals surface area contributed by atoms with Crippen LogP contribution in [0.4, 0.5) is 14.5 Å². The zero-order chi connectivity index (χ0) is 23.8. The van der Waals surface area contributed by atoms with E-state index in [0.29, 0.717) is 23.6 Å². The summed E-state index contributed by atoms with van der Waals surface area (Å²) < 4.78 is 46.6. The smallest absolute Gasteiger partial charge is 0.287 e. The monoisotopic (exact) mass is 542 g/mol. The fourth-order valence-electron chi connectivity index (χ4n) is 3.72. The van der Waals surface area contributed by atoms with Crippen molar-refractivity contribution in [3.8, 4) is 16.9 Å². The molecule has 1 atom stereocenters. The second-order valence-corrected chi connectivity index (χ2v) is 9.73. The van der Waals surface area contributed by atoms with Crippen LogP contribution < -0.4 is 9.03 Å². The predicted molar refractivity (Wildman–Crippen MR) is 129 cm³/mol. The van der Waals surface area contributed by atoms with Gasteiger partial charge in [0.25, 0.3) is 5.91 Å². The first-order valence-electron chi connectivity index (χ1n) is 10.2. The first kappa shape index (κ1) is 22.6. The highest BCUT2D eigenvalue weighted by Gasteiger charge is 2.33. The van der Waals surface area contributed by atoms with Gasteiger partial charge in [-0.25, -0.2) is 13.8 Å². The lowest BCUT2D eigenvalue weighted by atomic mass is 10.1. The first-order chi connectivity index (χ1) is 16.4. The summed E-state index contributed by atoms with van der Waals surface area (Å²) in [5.74, 6) is -0.988. The third kappa shape index (κ3) is 4.56. The molecule has 1 aliphatic heterocycles. The van der Waals surface area contributed by atoms with Gasteiger partial charge in [-0.05, 0) is 54.1 Å². The Balaban J connectivity index is 1.53. The number of halogens is 3. The third-order valence-electron chi connectivity index (χ3n) is 5.37. The van der Waals surface area contributed by atoms with E-state index in [1.807, 2.05) is 41.0 Å². The topological polar surface area (TPSA) is 73.2 Å². The van der Waals surface area contributed by atoms with Crippen LogP contribution in [-0.4, -0.2) is 26.6 Å². The Hall–Kier alpha value is -3.21. The van der Waals surface area contributed by atoms with E-state index < -0.39 is 23.2 Å². The molecular weight excluding hydrogens is 526 g/mol. The molecule has 2 heterocycles. The number of carbonyl (C=O) groups is 1. The summed E-state index contributed by atoms with van der Waals surface area (Å²) in [6.45, 7) is 0.0137. The maximum Gasteiger partial charge on any atom is 0.287 e. The number of hydrogen-bond acceptors (Lipinski definition) is 4. The van der Waals surface area contributed by atoms with Crippen LogP contribution in [0.1, 0.15) is 11.4 Å². The van der Waals surface area contributed by atoms with E-state index in [9.17, 15) is 18.1 Å². The number of carbonyl (C=O) groups excluding carboxylic acids is 1. The molecule has 6 nitrogen and oxygen atoms in total. The molecule has 1 unspecified atom stereocenters. The molecule has 0 saturated carbocycles. The number of benzene rings is 3. The third-order valence-corrected chi connectivity index (χ3v) is 7.04. The number of amides is 1. The molecule has 1 amide bonds. The van der Waals surface area contributed by atoms with Crippen molar-refractivity contribution in [2.75, 3.05) is 10.8 Å². The van der Waals surface area contributed by atoms with Gasteiger partial charge in [0.15, 0.2) is 18.1 Å². The van der Waals surface area contributed by atoms with E-state index in [0.717, 1.165) is 21.8 Å². The van der Waals surface area contributed by atoms with Gasteiger partial charge >= 0.3 is 0 Å². The molecule has 0 radical (unpaired) electrons. The van der Waals surface area contributed by atoms with E-state index in [4.69, 9.17) is 0 Å². The van der Waals surface area contributed by atoms with Crippen molar-refractivity contribution in [1.29, 1.82) is 0 Å². The Bertz CT molecular complexity index is 1360. The molecule has 0 bridgehead atoms. The number of imidazole rings is 1. The van der Waals surface area contributed by atoms with Gasteiger partial charge in [0, 0.05) is 34.4 Å². The second-order valence-electron chi connectivity index (χ2n) is 7.67. The van der Waals surface area contributed by atoms with E-state index in [-0.39, 0.29) is 18.0 Å². The number of nitrogens with one attached hydrogen (secondary N) is 1. The van der Waals surface area contributed by atoms with Crippen molar-refractivity contribution in [3.05, 3.63) is 100 Å². The maximum absolute atomic E-state index is 14.5. The minimum Gasteiger partial charge on any atom is -0.568 e. The summed E-state index contributed by atoms with van der Waals surface area (Å²) in [7, 11) is 0. The molecule has 1 saturated heterocycles. The Morgan fingerprint density at radius 2 is 1.74 bits per heavy atom. The van der Waals surface area contributed by atoms with Crippen LogP contribution in [0.5, 0.6) is 0 Å². The van der Waals surface area contributed by atoms with Gasteiger partial charge in [0.05, 0.1) is 11.4 Å². The van der Waals surface area contributed by atoms with Gasteiger partial charge < -0.3 is 9.12 Å². The summed E-state index contributed by atoms with van der Waals surface area (Å²) in [6.07, 6.45) is 2.19. The van der Waals surface area contributed by atoms with Gasteiger partial charge in [0.1, 0.15) is 17.5 Å². The van der Waals surface area contributed by atoms with Crippen molar-refractivity contribution in [2.45, 2.75) is 6.42 Å². The van der Waals surface area contributed by atoms with Gasteiger partial charge in [-0.1, -0.05) is 28.1 Å². The molecule has 1 N–H and O–H groups in total. The highest BCUT2D eigenvalue weighted by atomic mass is 79.9. The molecule has 1 fully saturated rings. The summed E-state index contributed by atoms with van der Waals surface area (Å²) >= 11 is 1.82. The van der Waals surface area contributed by atoms with Gasteiger partial charge in [-0.2, -0.15) is 4.31 Å². The molecule has 172 valence electrons. The lowest BCUT2D eigenvalue weighted by Crippen LogP contribution is -2.29. The Morgan fingerprint density at radius 1 is 1.03 bits per heavy atom. The predicted octanol–water partition coefficient (Wildman–Crippen LogP) is 4.69. The fourth-order valence-corrected chi connectivity index (χ4v) is 4.90. The van der Waals surface area contributed by atoms with E-state index in [1.54, 1.807) is 18.3 Å². The highest BCUT2D eigenvalue weighted by molar-refractivity contribution is 9.10. The molecule has 34 heavy (non-hydrogen) atoms. The average molecular weight is 543 g/mol. The zero-order valence-corrected chi connectivity index (χ0v) is 19.9. The molecule has 5 rings (SSSR count). The number of nitrogens with zero attached hydrogens (tertiary/aromatic N) is 3. The SMILES string of the molecule is O=C1CN(c2ccc(-n3cc(-c4ccc(F)cc4F)nc3Cc3ccc(Br)cc3)cc2)[S+]([O-])N1. The largest absolute Gasteiger partial charge is 0.568 e. The van der Waals surface area contributed by atoms with E-state index in [1.165, 1.54) is 16.4 Å². The number of hydrogen-bond donors (Lipinski definition) is 1. The van der Waals surface area contributed by atoms with E-state index in [2.05, 4.69) is 25.6 Å². The van der Waals surface area contributed by atoms with Crippen LogP contribution >= 0.6 is 15.9 Å². The molecule has 10 heteroatoms. The summed E-state index contributed by atoms with van der Waals surface area (Å²) in [5.41, 5.74) is 2.96. The molecule has 0 aliphatic carbocycles. The first-order valence-corrected chi connectivity index (χ1v) is 12.1. The lowest BCUT2D eigenvalue weighted by Gasteiger charge is -2.16. The molecule has 3 aromatic carbocycles. The Kier molecular flexibility index (Phi) is 6.11. The molecular formula is C24H17BrF2N4O2S. The number of aromatic nitrogens is 2. The molecule has 0 spiro atoms. The summed E-state index contributed by atoms with van der Waals surface area (Å²) in [6, 6.07) is 18.4. The standard InChI is InChI=1S/C24H17BrF2N4O2S/c25-16-3-1-15(2-4-16)11-23-28-22(20-10-5-17(26)12-21(20)27)13-30(23)18-6-8-19(9-7-18)31-14-24(32)29-34(31)33/h1-10,12-13H,11,14H2,(H,29,32). The van der Waals surface area contributed by atoms with Crippen molar-refractivity contribution in [1.82, 2.24) is 14.3 Å². The highest BCUT2D eigenvalue weighted by Crippen LogP contribution is 2.28. The van der Waals surface area contributed by atoms with Crippen LogP contribution in [0.25, 0.3) is 16.9 Å². The lowest BCUT2D eigenvalue weighted by molar-refractivity contribution is -0.117. The second kappa shape index (κ2) is 9.21. The van der Waals surface area contributed by atoms with Gasteiger partial charge in [0.2, 0.25) is 0 Å². The zero-order valence-electron chi connectivity index (χ0n) is 17.5. The van der Waals surface area contributed by atoms with Gasteiger partial charge in [-0.3, -0.25) is 4.79 Å². The van der Waals surface area contributed by atoms with Crippen molar-refractivity contribution < 1.29 is 18.1 Å². The van der Waals surface area contributed by atoms with Crippen LogP contribution in [0.3, 0.4) is 0 Å². The quantitative estimate of drug-likeness (QED) is 0.371. The van der Waals surface area contributed by atoms with Crippen LogP contribution in [-0.2, 0) is 22.8 Å². The van der Waals surface area contributed by atoms with Gasteiger partial charge in [-0.15, -0.1) is 4.72 Å². The maximum atomic E-state index is 14.5. The fraction of sp³-hybridized carbons (Fsp3) is 0.0833. The average Bonchev–Trinajstić information content (AvgIpc) is 3.37. The van der Waals surface area contributed by atoms with Crippen molar-refractivity contribution in [2.24, 2.45) is 0 Å². The van der Waals surface area contributed by atoms with E-state index >= 15 is 0 Å². The van der Waals surface area contributed by atoms with Crippen molar-refractivity contribution in [3.63, 3.8) is 0 Å². The summed E-state index contributed by atoms with van der Waals surface area (Å²) in [4.78, 5) is 16.2. The molecule has 4 aromatic rings. The Labute approximate surface area is 205 Å². The van der Waals surface area contributed by atoms with Crippen LogP contribution in [0.15, 0.2) is 77.4 Å². The van der Waals surface area contributed by atoms with Crippen LogP contribution in [0.2, 0.25) is 0 Å². The number of rotatable bonds is 5. The van der Waals surface area contributed by atoms with Crippen LogP contribution in [0, 0.1) is 11.6 Å². The normalized spacial score (nSPS) is 15.6. The minimum atomic E-state index is -1.61. The summed E-state index contributed by atoms with van der Waals surface area (Å²) in [5, 5.41) is 0.